The van der Waals surface area contributed by atoms with Crippen molar-refractivity contribution in [3.63, 3.8) is 0 Å². The standard InChI is InChI=1S/C9H9BrN4O2S/c1-14-8(4-6-12-14)17(15,16)13-9-7(10)3-2-5-11-9/h2-6H,1H3,(H,11,13). The molecule has 0 atom stereocenters. The van der Waals surface area contributed by atoms with Crippen molar-refractivity contribution in [1.82, 2.24) is 14.8 Å². The van der Waals surface area contributed by atoms with Crippen LogP contribution in [-0.4, -0.2) is 23.2 Å². The molecule has 2 heterocycles. The summed E-state index contributed by atoms with van der Waals surface area (Å²) < 4.78 is 28.2. The number of anilines is 1. The Hall–Kier alpha value is -1.41. The van der Waals surface area contributed by atoms with Crippen LogP contribution in [0.15, 0.2) is 40.1 Å². The van der Waals surface area contributed by atoms with E-state index < -0.39 is 10.0 Å². The van der Waals surface area contributed by atoms with Crippen molar-refractivity contribution in [3.8, 4) is 0 Å². The second-order valence-electron chi connectivity index (χ2n) is 3.23. The van der Waals surface area contributed by atoms with E-state index in [9.17, 15) is 8.42 Å². The molecule has 0 amide bonds. The summed E-state index contributed by atoms with van der Waals surface area (Å²) in [5.74, 6) is 0.244. The first-order valence-electron chi connectivity index (χ1n) is 4.62. The van der Waals surface area contributed by atoms with Gasteiger partial charge in [-0.25, -0.2) is 4.98 Å². The van der Waals surface area contributed by atoms with Crippen molar-refractivity contribution in [2.24, 2.45) is 7.05 Å². The molecule has 0 spiro atoms. The van der Waals surface area contributed by atoms with E-state index in [0.29, 0.717) is 4.47 Å². The average molecular weight is 317 g/mol. The first kappa shape index (κ1) is 12.1. The van der Waals surface area contributed by atoms with Crippen molar-refractivity contribution in [1.29, 1.82) is 0 Å². The number of aromatic nitrogens is 3. The fourth-order valence-corrected chi connectivity index (χ4v) is 2.91. The van der Waals surface area contributed by atoms with E-state index in [4.69, 9.17) is 0 Å². The van der Waals surface area contributed by atoms with Crippen molar-refractivity contribution < 1.29 is 8.42 Å². The third-order valence-corrected chi connectivity index (χ3v) is 4.09. The number of nitrogens with zero attached hydrogens (tertiary/aromatic N) is 3. The molecule has 0 aromatic carbocycles. The highest BCUT2D eigenvalue weighted by Gasteiger charge is 2.19. The van der Waals surface area contributed by atoms with Gasteiger partial charge < -0.3 is 0 Å². The largest absolute Gasteiger partial charge is 0.280 e. The minimum atomic E-state index is -3.67. The van der Waals surface area contributed by atoms with Gasteiger partial charge in [0.25, 0.3) is 10.0 Å². The third kappa shape index (κ3) is 2.47. The maximum absolute atomic E-state index is 12.0. The van der Waals surface area contributed by atoms with Gasteiger partial charge in [-0.2, -0.15) is 13.5 Å². The number of nitrogens with one attached hydrogen (secondary N) is 1. The Morgan fingerprint density at radius 3 is 2.71 bits per heavy atom. The van der Waals surface area contributed by atoms with E-state index in [0.717, 1.165) is 0 Å². The highest BCUT2D eigenvalue weighted by Crippen LogP contribution is 2.21. The molecule has 0 bridgehead atoms. The summed E-state index contributed by atoms with van der Waals surface area (Å²) in [5.41, 5.74) is 0. The lowest BCUT2D eigenvalue weighted by molar-refractivity contribution is 0.582. The van der Waals surface area contributed by atoms with Gasteiger partial charge in [0, 0.05) is 13.2 Å². The van der Waals surface area contributed by atoms with Gasteiger partial charge in [-0.15, -0.1) is 0 Å². The number of rotatable bonds is 3. The van der Waals surface area contributed by atoms with E-state index in [1.165, 1.54) is 23.1 Å². The molecule has 2 aromatic rings. The van der Waals surface area contributed by atoms with Crippen LogP contribution in [-0.2, 0) is 17.1 Å². The molecule has 0 radical (unpaired) electrons. The topological polar surface area (TPSA) is 76.9 Å². The van der Waals surface area contributed by atoms with Gasteiger partial charge in [0.05, 0.1) is 10.7 Å². The van der Waals surface area contributed by atoms with Crippen molar-refractivity contribution >= 4 is 31.8 Å². The fourth-order valence-electron chi connectivity index (χ4n) is 1.27. The first-order chi connectivity index (χ1) is 8.00. The van der Waals surface area contributed by atoms with Gasteiger partial charge >= 0.3 is 0 Å². The minimum Gasteiger partial charge on any atom is -0.261 e. The number of halogens is 1. The second-order valence-corrected chi connectivity index (χ2v) is 5.72. The third-order valence-electron chi connectivity index (χ3n) is 2.04. The van der Waals surface area contributed by atoms with Crippen LogP contribution in [0.25, 0.3) is 0 Å². The number of aryl methyl sites for hydroxylation is 1. The first-order valence-corrected chi connectivity index (χ1v) is 6.89. The summed E-state index contributed by atoms with van der Waals surface area (Å²) >= 11 is 3.22. The van der Waals surface area contributed by atoms with E-state index in [2.05, 4.69) is 30.7 Å². The summed E-state index contributed by atoms with van der Waals surface area (Å²) in [4.78, 5) is 3.94. The van der Waals surface area contributed by atoms with E-state index in [1.54, 1.807) is 19.2 Å². The zero-order chi connectivity index (χ0) is 12.5. The molecule has 0 aliphatic carbocycles. The van der Waals surface area contributed by atoms with Crippen molar-refractivity contribution in [2.75, 3.05) is 4.72 Å². The summed E-state index contributed by atoms with van der Waals surface area (Å²) in [7, 11) is -2.11. The molecule has 6 nitrogen and oxygen atoms in total. The molecule has 0 aliphatic heterocycles. The molecular formula is C9H9BrN4O2S. The highest BCUT2D eigenvalue weighted by atomic mass is 79.9. The lowest BCUT2D eigenvalue weighted by Gasteiger charge is -2.08. The lowest BCUT2D eigenvalue weighted by Crippen LogP contribution is -2.17. The molecule has 0 aliphatic rings. The minimum absolute atomic E-state index is 0.0788. The van der Waals surface area contributed by atoms with Crippen LogP contribution in [0.1, 0.15) is 0 Å². The van der Waals surface area contributed by atoms with Gasteiger partial charge in [0.1, 0.15) is 0 Å². The quantitative estimate of drug-likeness (QED) is 0.928. The molecular weight excluding hydrogens is 308 g/mol. The number of hydrogen-bond donors (Lipinski definition) is 1. The summed E-state index contributed by atoms with van der Waals surface area (Å²) in [6.45, 7) is 0. The van der Waals surface area contributed by atoms with Crippen LogP contribution in [0.3, 0.4) is 0 Å². The maximum Gasteiger partial charge on any atom is 0.280 e. The fraction of sp³-hybridized carbons (Fsp3) is 0.111. The Morgan fingerprint density at radius 1 is 1.35 bits per heavy atom. The summed E-state index contributed by atoms with van der Waals surface area (Å²) in [6, 6.07) is 4.82. The van der Waals surface area contributed by atoms with Crippen LogP contribution in [0.2, 0.25) is 0 Å². The predicted octanol–water partition coefficient (Wildman–Crippen LogP) is 1.38. The zero-order valence-corrected chi connectivity index (χ0v) is 11.2. The number of sulfonamides is 1. The second kappa shape index (κ2) is 4.46. The molecule has 90 valence electrons. The van der Waals surface area contributed by atoms with E-state index in [1.807, 2.05) is 0 Å². The summed E-state index contributed by atoms with van der Waals surface area (Å²) in [5, 5.41) is 3.89. The SMILES string of the molecule is Cn1nccc1S(=O)(=O)Nc1ncccc1Br. The Morgan fingerprint density at radius 2 is 2.12 bits per heavy atom. The molecule has 17 heavy (non-hydrogen) atoms. The van der Waals surface area contributed by atoms with Gasteiger partial charge in [0.2, 0.25) is 0 Å². The molecule has 1 N–H and O–H groups in total. The Balaban J connectivity index is 2.37. The van der Waals surface area contributed by atoms with Gasteiger partial charge in [-0.1, -0.05) is 0 Å². The maximum atomic E-state index is 12.0. The van der Waals surface area contributed by atoms with Crippen LogP contribution >= 0.6 is 15.9 Å². The Bertz CT molecular complexity index is 638. The molecule has 0 saturated heterocycles. The van der Waals surface area contributed by atoms with Crippen LogP contribution in [0.4, 0.5) is 5.82 Å². The highest BCUT2D eigenvalue weighted by molar-refractivity contribution is 9.10. The number of pyridine rings is 1. The average Bonchev–Trinajstić information content (AvgIpc) is 2.68. The lowest BCUT2D eigenvalue weighted by atomic mass is 10.5. The van der Waals surface area contributed by atoms with Gasteiger partial charge in [0.15, 0.2) is 10.8 Å². The Labute approximate surface area is 107 Å². The predicted molar refractivity (Wildman–Crippen MR) is 66.0 cm³/mol. The molecule has 0 unspecified atom stereocenters. The van der Waals surface area contributed by atoms with E-state index >= 15 is 0 Å². The molecule has 8 heteroatoms. The molecule has 2 aromatic heterocycles. The van der Waals surface area contributed by atoms with Gasteiger partial charge in [-0.05, 0) is 34.1 Å². The molecule has 0 saturated carbocycles. The van der Waals surface area contributed by atoms with Crippen LogP contribution in [0.5, 0.6) is 0 Å². The molecule has 2 rings (SSSR count). The smallest absolute Gasteiger partial charge is 0.261 e. The van der Waals surface area contributed by atoms with E-state index in [-0.39, 0.29) is 10.8 Å². The van der Waals surface area contributed by atoms with Crippen molar-refractivity contribution in [3.05, 3.63) is 35.1 Å². The van der Waals surface area contributed by atoms with Crippen LogP contribution < -0.4 is 4.72 Å². The van der Waals surface area contributed by atoms with Gasteiger partial charge in [-0.3, -0.25) is 9.40 Å². The number of hydrogen-bond acceptors (Lipinski definition) is 4. The van der Waals surface area contributed by atoms with Crippen molar-refractivity contribution in [2.45, 2.75) is 5.03 Å². The summed E-state index contributed by atoms with van der Waals surface area (Å²) in [6.07, 6.45) is 2.92. The normalized spacial score (nSPS) is 11.4. The Kier molecular flexibility index (Phi) is 3.16. The zero-order valence-electron chi connectivity index (χ0n) is 8.83. The monoisotopic (exact) mass is 316 g/mol. The molecule has 0 fully saturated rings. The van der Waals surface area contributed by atoms with Crippen LogP contribution in [0, 0.1) is 0 Å².